The molecule has 7 heteroatoms. The topological polar surface area (TPSA) is 99.0 Å². The smallest absolute Gasteiger partial charge is 0.254 e. The Labute approximate surface area is 198 Å². The third kappa shape index (κ3) is 4.76. The van der Waals surface area contributed by atoms with Crippen molar-refractivity contribution in [3.63, 3.8) is 0 Å². The zero-order valence-electron chi connectivity index (χ0n) is 18.5. The Bertz CT molecular complexity index is 1220. The minimum absolute atomic E-state index is 0.139. The number of hydrogen-bond donors (Lipinski definition) is 1. The number of carbonyl (C=O) groups excluding carboxylic acids is 2. The summed E-state index contributed by atoms with van der Waals surface area (Å²) in [7, 11) is 0. The lowest BCUT2D eigenvalue weighted by Crippen LogP contribution is -2.50. The van der Waals surface area contributed by atoms with Crippen molar-refractivity contribution in [2.45, 2.75) is 18.4 Å². The summed E-state index contributed by atoms with van der Waals surface area (Å²) in [6.45, 7) is 4.04. The van der Waals surface area contributed by atoms with Gasteiger partial charge in [0.25, 0.3) is 5.91 Å². The summed E-state index contributed by atoms with van der Waals surface area (Å²) < 4.78 is 0. The van der Waals surface area contributed by atoms with Crippen molar-refractivity contribution in [1.82, 2.24) is 20.2 Å². The molecule has 168 valence electrons. The van der Waals surface area contributed by atoms with Crippen LogP contribution < -0.4 is 5.32 Å². The molecule has 0 bridgehead atoms. The molecule has 1 saturated heterocycles. The SMILES string of the molecule is C=CCN1C(=O)C(Cc2ccncc2)(Cc2ccncc2)N/C1=C\C(=O)c1ccc(C#N)cc1. The number of benzene rings is 1. The zero-order chi connectivity index (χ0) is 24.0. The van der Waals surface area contributed by atoms with Crippen LogP contribution in [0, 0.1) is 11.3 Å². The Kier molecular flexibility index (Phi) is 6.60. The summed E-state index contributed by atoms with van der Waals surface area (Å²) in [5.74, 6) is 0.0137. The van der Waals surface area contributed by atoms with Crippen molar-refractivity contribution >= 4 is 11.7 Å². The average Bonchev–Trinajstić information content (AvgIpc) is 3.10. The standard InChI is InChI=1S/C27H23N5O2/c1-2-15-32-25(16-24(33)23-5-3-22(19-28)4-6-23)31-27(26(32)34,17-20-7-11-29-12-8-20)18-21-9-13-30-14-10-21/h2-14,16,31H,1,15,17-18H2/b25-16+. The average molecular weight is 450 g/mol. The van der Waals surface area contributed by atoms with E-state index in [0.29, 0.717) is 29.8 Å². The second-order valence-electron chi connectivity index (χ2n) is 8.06. The third-order valence-corrected chi connectivity index (χ3v) is 5.70. The van der Waals surface area contributed by atoms with Gasteiger partial charge in [-0.15, -0.1) is 6.58 Å². The molecule has 34 heavy (non-hydrogen) atoms. The Morgan fingerprint density at radius 3 is 2.06 bits per heavy atom. The molecule has 0 aliphatic carbocycles. The summed E-state index contributed by atoms with van der Waals surface area (Å²) >= 11 is 0. The predicted octanol–water partition coefficient (Wildman–Crippen LogP) is 3.21. The minimum Gasteiger partial charge on any atom is -0.357 e. The molecule has 1 N–H and O–H groups in total. The van der Waals surface area contributed by atoms with Gasteiger partial charge in [0.2, 0.25) is 0 Å². The number of rotatable bonds is 8. The maximum atomic E-state index is 13.8. The number of pyridine rings is 2. The van der Waals surface area contributed by atoms with Crippen LogP contribution in [0.3, 0.4) is 0 Å². The fourth-order valence-corrected chi connectivity index (χ4v) is 4.08. The van der Waals surface area contributed by atoms with E-state index in [0.717, 1.165) is 11.1 Å². The molecule has 0 atom stereocenters. The second kappa shape index (κ2) is 9.92. The molecule has 0 saturated carbocycles. The van der Waals surface area contributed by atoms with Crippen LogP contribution in [0.4, 0.5) is 0 Å². The molecule has 0 radical (unpaired) electrons. The molecule has 0 unspecified atom stereocenters. The quantitative estimate of drug-likeness (QED) is 0.322. The molecule has 3 aromatic rings. The van der Waals surface area contributed by atoms with E-state index in [2.05, 4.69) is 21.9 Å². The zero-order valence-corrected chi connectivity index (χ0v) is 18.5. The van der Waals surface area contributed by atoms with Crippen LogP contribution in [0.2, 0.25) is 0 Å². The number of aromatic nitrogens is 2. The van der Waals surface area contributed by atoms with Gasteiger partial charge in [0, 0.05) is 55.8 Å². The lowest BCUT2D eigenvalue weighted by Gasteiger charge is -2.27. The van der Waals surface area contributed by atoms with E-state index in [1.807, 2.05) is 30.3 Å². The first-order valence-corrected chi connectivity index (χ1v) is 10.8. The Morgan fingerprint density at radius 2 is 1.56 bits per heavy atom. The van der Waals surface area contributed by atoms with Crippen molar-refractivity contribution in [2.24, 2.45) is 0 Å². The summed E-state index contributed by atoms with van der Waals surface area (Å²) in [5.41, 5.74) is 1.80. The van der Waals surface area contributed by atoms with Gasteiger partial charge < -0.3 is 5.32 Å². The van der Waals surface area contributed by atoms with E-state index in [1.54, 1.807) is 60.0 Å². The summed E-state index contributed by atoms with van der Waals surface area (Å²) in [6, 6.07) is 16.0. The fraction of sp³-hybridized carbons (Fsp3) is 0.148. The minimum atomic E-state index is -0.998. The highest BCUT2D eigenvalue weighted by Gasteiger charge is 2.48. The van der Waals surface area contributed by atoms with Gasteiger partial charge in [-0.2, -0.15) is 5.26 Å². The maximum Gasteiger partial charge on any atom is 0.254 e. The maximum absolute atomic E-state index is 13.8. The van der Waals surface area contributed by atoms with Crippen LogP contribution in [0.1, 0.15) is 27.0 Å². The molecule has 1 fully saturated rings. The number of hydrogen-bond acceptors (Lipinski definition) is 6. The molecule has 4 rings (SSSR count). The number of allylic oxidation sites excluding steroid dienone is 1. The molecule has 1 aliphatic rings. The molecule has 3 heterocycles. The number of nitriles is 1. The second-order valence-corrected chi connectivity index (χ2v) is 8.06. The van der Waals surface area contributed by atoms with Gasteiger partial charge in [-0.1, -0.05) is 6.08 Å². The van der Waals surface area contributed by atoms with Crippen molar-refractivity contribution in [1.29, 1.82) is 5.26 Å². The van der Waals surface area contributed by atoms with Crippen LogP contribution in [0.5, 0.6) is 0 Å². The normalized spacial score (nSPS) is 15.6. The highest BCUT2D eigenvalue weighted by Crippen LogP contribution is 2.30. The first-order valence-electron chi connectivity index (χ1n) is 10.8. The van der Waals surface area contributed by atoms with Crippen LogP contribution in [-0.4, -0.2) is 38.6 Å². The third-order valence-electron chi connectivity index (χ3n) is 5.70. The van der Waals surface area contributed by atoms with E-state index in [4.69, 9.17) is 5.26 Å². The van der Waals surface area contributed by atoms with Crippen LogP contribution in [0.15, 0.2) is 97.9 Å². The van der Waals surface area contributed by atoms with E-state index >= 15 is 0 Å². The largest absolute Gasteiger partial charge is 0.357 e. The number of carbonyl (C=O) groups is 2. The van der Waals surface area contributed by atoms with E-state index < -0.39 is 5.54 Å². The Hall–Kier alpha value is -4.57. The van der Waals surface area contributed by atoms with E-state index in [1.165, 1.54) is 6.08 Å². The highest BCUT2D eigenvalue weighted by molar-refractivity contribution is 6.06. The van der Waals surface area contributed by atoms with Gasteiger partial charge in [0.15, 0.2) is 5.78 Å². The van der Waals surface area contributed by atoms with Crippen molar-refractivity contribution in [2.75, 3.05) is 6.54 Å². The molecule has 7 nitrogen and oxygen atoms in total. The first kappa shape index (κ1) is 22.6. The molecular weight excluding hydrogens is 426 g/mol. The molecule has 1 aromatic carbocycles. The van der Waals surface area contributed by atoms with Crippen molar-refractivity contribution < 1.29 is 9.59 Å². The predicted molar refractivity (Wildman–Crippen MR) is 127 cm³/mol. The molecule has 1 amide bonds. The van der Waals surface area contributed by atoms with Gasteiger partial charge in [0.1, 0.15) is 11.4 Å². The monoisotopic (exact) mass is 449 g/mol. The lowest BCUT2D eigenvalue weighted by molar-refractivity contribution is -0.131. The summed E-state index contributed by atoms with van der Waals surface area (Å²) in [4.78, 5) is 36.5. The van der Waals surface area contributed by atoms with Gasteiger partial charge in [-0.3, -0.25) is 24.5 Å². The van der Waals surface area contributed by atoms with Gasteiger partial charge >= 0.3 is 0 Å². The Morgan fingerprint density at radius 1 is 1.00 bits per heavy atom. The van der Waals surface area contributed by atoms with Crippen LogP contribution in [0.25, 0.3) is 0 Å². The summed E-state index contributed by atoms with van der Waals surface area (Å²) in [5, 5.41) is 12.4. The first-order chi connectivity index (χ1) is 16.5. The fourth-order valence-electron chi connectivity index (χ4n) is 4.08. The van der Waals surface area contributed by atoms with Gasteiger partial charge in [-0.25, -0.2) is 0 Å². The number of nitrogens with zero attached hydrogens (tertiary/aromatic N) is 4. The van der Waals surface area contributed by atoms with E-state index in [9.17, 15) is 9.59 Å². The number of nitrogens with one attached hydrogen (secondary N) is 1. The Balaban J connectivity index is 1.73. The van der Waals surface area contributed by atoms with Crippen LogP contribution in [-0.2, 0) is 17.6 Å². The van der Waals surface area contributed by atoms with E-state index in [-0.39, 0.29) is 18.2 Å². The molecule has 2 aromatic heterocycles. The van der Waals surface area contributed by atoms with Gasteiger partial charge in [-0.05, 0) is 59.7 Å². The highest BCUT2D eigenvalue weighted by atomic mass is 16.2. The van der Waals surface area contributed by atoms with Crippen molar-refractivity contribution in [3.05, 3.63) is 120 Å². The molecular formula is C27H23N5O2. The van der Waals surface area contributed by atoms with Crippen LogP contribution >= 0.6 is 0 Å². The molecule has 1 aliphatic heterocycles. The molecule has 0 spiro atoms. The van der Waals surface area contributed by atoms with Gasteiger partial charge in [0.05, 0.1) is 11.6 Å². The summed E-state index contributed by atoms with van der Waals surface area (Å²) in [6.07, 6.45) is 10.7. The lowest BCUT2D eigenvalue weighted by atomic mass is 9.85. The number of amides is 1. The number of ketones is 1. The van der Waals surface area contributed by atoms with Crippen molar-refractivity contribution in [3.8, 4) is 6.07 Å².